The third-order valence-electron chi connectivity index (χ3n) is 2.87. The zero-order chi connectivity index (χ0) is 14.2. The zero-order valence-corrected chi connectivity index (χ0v) is 10.6. The number of rotatable bonds is 3. The minimum atomic E-state index is -4.66. The fraction of sp³-hybridized carbons (Fsp3) is 0.556. The summed E-state index contributed by atoms with van der Waals surface area (Å²) in [5, 5.41) is 9.43. The van der Waals surface area contributed by atoms with Gasteiger partial charge in [0.05, 0.1) is 6.10 Å². The minimum absolute atomic E-state index is 0.197. The van der Waals surface area contributed by atoms with E-state index >= 15 is 0 Å². The van der Waals surface area contributed by atoms with Crippen LogP contribution >= 0.6 is 7.60 Å². The van der Waals surface area contributed by atoms with E-state index in [0.29, 0.717) is 6.42 Å². The zero-order valence-electron chi connectivity index (χ0n) is 9.67. The summed E-state index contributed by atoms with van der Waals surface area (Å²) in [6, 6.07) is 1.14. The average molecular weight is 292 g/mol. The molecule has 1 saturated heterocycles. The first kappa shape index (κ1) is 14.2. The second kappa shape index (κ2) is 5.03. The van der Waals surface area contributed by atoms with Gasteiger partial charge in [0.15, 0.2) is 5.85 Å². The van der Waals surface area contributed by atoms with E-state index in [1.807, 2.05) is 4.98 Å². The Labute approximate surface area is 106 Å². The maximum atomic E-state index is 11.5. The molecule has 0 bridgehead atoms. The molecule has 1 unspecified atom stereocenters. The highest BCUT2D eigenvalue weighted by Gasteiger charge is 2.40. The molecule has 1 fully saturated rings. The monoisotopic (exact) mass is 292 g/mol. The molecule has 1 aromatic heterocycles. The van der Waals surface area contributed by atoms with Gasteiger partial charge in [-0.3, -0.25) is 18.9 Å². The molecule has 1 aliphatic heterocycles. The first-order valence-corrected chi connectivity index (χ1v) is 7.17. The Kier molecular flexibility index (Phi) is 3.75. The highest BCUT2D eigenvalue weighted by atomic mass is 31.2. The lowest BCUT2D eigenvalue weighted by molar-refractivity contribution is -0.0424. The number of ether oxygens (including phenoxy) is 1. The Morgan fingerprint density at radius 1 is 1.42 bits per heavy atom. The van der Waals surface area contributed by atoms with Crippen molar-refractivity contribution in [3.8, 4) is 0 Å². The van der Waals surface area contributed by atoms with E-state index in [0.717, 1.165) is 10.6 Å². The number of aliphatic hydroxyl groups excluding tert-OH is 1. The van der Waals surface area contributed by atoms with E-state index in [1.165, 1.54) is 6.20 Å². The van der Waals surface area contributed by atoms with Crippen LogP contribution in [0.2, 0.25) is 0 Å². The first-order chi connectivity index (χ1) is 8.79. The summed E-state index contributed by atoms with van der Waals surface area (Å²) >= 11 is 0. The Morgan fingerprint density at radius 2 is 2.11 bits per heavy atom. The molecule has 1 aromatic rings. The van der Waals surface area contributed by atoms with Gasteiger partial charge < -0.3 is 19.6 Å². The maximum Gasteiger partial charge on any atom is 0.356 e. The Balaban J connectivity index is 2.17. The van der Waals surface area contributed by atoms with Gasteiger partial charge in [-0.25, -0.2) is 4.79 Å². The van der Waals surface area contributed by atoms with Gasteiger partial charge in [-0.1, -0.05) is 0 Å². The van der Waals surface area contributed by atoms with E-state index in [9.17, 15) is 19.3 Å². The standard InChI is InChI=1S/C9H13N2O7P/c12-6-3-4-11(9(14)10-6)7-2-1-5(18-7)8(13)19(15,16)17/h3-5,7-8,13H,1-2H2,(H,10,12,14)(H2,15,16,17)/t5-,7+,8?/m0/s1. The van der Waals surface area contributed by atoms with E-state index in [1.54, 1.807) is 0 Å². The SMILES string of the molecule is O=c1ccn([C@H]2CC[C@@H](C(O)P(=O)(O)O)O2)c(=O)[nH]1. The van der Waals surface area contributed by atoms with Crippen molar-refractivity contribution < 1.29 is 24.2 Å². The molecule has 0 amide bonds. The van der Waals surface area contributed by atoms with Crippen LogP contribution in [0.5, 0.6) is 0 Å². The molecular weight excluding hydrogens is 279 g/mol. The lowest BCUT2D eigenvalue weighted by Crippen LogP contribution is -2.32. The molecule has 0 radical (unpaired) electrons. The molecule has 0 spiro atoms. The lowest BCUT2D eigenvalue weighted by Gasteiger charge is -2.20. The molecule has 1 aliphatic rings. The summed E-state index contributed by atoms with van der Waals surface area (Å²) in [5.41, 5.74) is -1.23. The van der Waals surface area contributed by atoms with Crippen molar-refractivity contribution in [1.29, 1.82) is 0 Å². The van der Waals surface area contributed by atoms with Gasteiger partial charge in [0.2, 0.25) is 0 Å². The van der Waals surface area contributed by atoms with Gasteiger partial charge in [-0.15, -0.1) is 0 Å². The number of aliphatic hydroxyl groups is 1. The average Bonchev–Trinajstić information content (AvgIpc) is 2.75. The van der Waals surface area contributed by atoms with Crippen LogP contribution in [0, 0.1) is 0 Å². The number of hydrogen-bond donors (Lipinski definition) is 4. The second-order valence-corrected chi connectivity index (χ2v) is 5.93. The summed E-state index contributed by atoms with van der Waals surface area (Å²) in [6.07, 6.45) is -0.0888. The van der Waals surface area contributed by atoms with Gasteiger partial charge in [-0.05, 0) is 12.8 Å². The lowest BCUT2D eigenvalue weighted by atomic mass is 10.2. The highest BCUT2D eigenvalue weighted by molar-refractivity contribution is 7.52. The van der Waals surface area contributed by atoms with Crippen molar-refractivity contribution in [2.75, 3.05) is 0 Å². The first-order valence-electron chi connectivity index (χ1n) is 5.49. The molecule has 0 saturated carbocycles. The summed E-state index contributed by atoms with van der Waals surface area (Å²) in [4.78, 5) is 42.2. The van der Waals surface area contributed by atoms with Crippen LogP contribution in [0.25, 0.3) is 0 Å². The number of hydrogen-bond acceptors (Lipinski definition) is 5. The molecule has 4 N–H and O–H groups in total. The third-order valence-corrected chi connectivity index (χ3v) is 3.89. The molecule has 9 nitrogen and oxygen atoms in total. The second-order valence-electron chi connectivity index (χ2n) is 4.23. The molecule has 2 heterocycles. The number of nitrogens with zero attached hydrogens (tertiary/aromatic N) is 1. The molecular formula is C9H13N2O7P. The molecule has 2 rings (SSSR count). The van der Waals surface area contributed by atoms with Crippen LogP contribution in [0.1, 0.15) is 19.1 Å². The van der Waals surface area contributed by atoms with Crippen molar-refractivity contribution in [1.82, 2.24) is 9.55 Å². The van der Waals surface area contributed by atoms with E-state index in [2.05, 4.69) is 0 Å². The van der Waals surface area contributed by atoms with Crippen molar-refractivity contribution in [2.24, 2.45) is 0 Å². The Morgan fingerprint density at radius 3 is 2.68 bits per heavy atom. The topological polar surface area (TPSA) is 142 Å². The van der Waals surface area contributed by atoms with Gasteiger partial charge in [0, 0.05) is 12.3 Å². The van der Waals surface area contributed by atoms with Gasteiger partial charge >= 0.3 is 13.3 Å². The predicted octanol–water partition coefficient (Wildman–Crippen LogP) is -1.29. The molecule has 3 atom stereocenters. The van der Waals surface area contributed by atoms with Gasteiger partial charge in [-0.2, -0.15) is 0 Å². The van der Waals surface area contributed by atoms with Gasteiger partial charge in [0.1, 0.15) is 6.23 Å². The molecule has 106 valence electrons. The van der Waals surface area contributed by atoms with Gasteiger partial charge in [0.25, 0.3) is 5.56 Å². The molecule has 10 heteroatoms. The summed E-state index contributed by atoms with van der Waals surface area (Å²) < 4.78 is 17.3. The molecule has 0 aromatic carbocycles. The highest BCUT2D eigenvalue weighted by Crippen LogP contribution is 2.45. The number of H-pyrrole nitrogens is 1. The number of nitrogens with one attached hydrogen (secondary N) is 1. The number of aromatic amines is 1. The number of aromatic nitrogens is 2. The van der Waals surface area contributed by atoms with E-state index in [4.69, 9.17) is 14.5 Å². The van der Waals surface area contributed by atoms with Crippen molar-refractivity contribution in [2.45, 2.75) is 31.0 Å². The van der Waals surface area contributed by atoms with Crippen molar-refractivity contribution >= 4 is 7.60 Å². The van der Waals surface area contributed by atoms with Crippen LogP contribution in [0.4, 0.5) is 0 Å². The summed E-state index contributed by atoms with van der Waals surface area (Å²) in [7, 11) is -4.66. The normalized spacial score (nSPS) is 25.4. The maximum absolute atomic E-state index is 11.5. The largest absolute Gasteiger partial charge is 0.378 e. The fourth-order valence-electron chi connectivity index (χ4n) is 1.94. The Bertz CT molecular complexity index is 617. The predicted molar refractivity (Wildman–Crippen MR) is 62.5 cm³/mol. The Hall–Kier alpha value is -1.25. The molecule has 0 aliphatic carbocycles. The quantitative estimate of drug-likeness (QED) is 0.508. The third kappa shape index (κ3) is 3.02. The van der Waals surface area contributed by atoms with Crippen LogP contribution in [-0.4, -0.2) is 36.4 Å². The van der Waals surface area contributed by atoms with Crippen LogP contribution in [0.3, 0.4) is 0 Å². The van der Waals surface area contributed by atoms with Crippen molar-refractivity contribution in [3.05, 3.63) is 33.1 Å². The van der Waals surface area contributed by atoms with Crippen molar-refractivity contribution in [3.63, 3.8) is 0 Å². The van der Waals surface area contributed by atoms with Crippen LogP contribution < -0.4 is 11.2 Å². The van der Waals surface area contributed by atoms with Crippen LogP contribution in [0.15, 0.2) is 21.9 Å². The fourth-order valence-corrected chi connectivity index (χ4v) is 2.59. The minimum Gasteiger partial charge on any atom is -0.378 e. The molecule has 19 heavy (non-hydrogen) atoms. The van der Waals surface area contributed by atoms with E-state index in [-0.39, 0.29) is 6.42 Å². The van der Waals surface area contributed by atoms with Crippen LogP contribution in [-0.2, 0) is 9.30 Å². The smallest absolute Gasteiger partial charge is 0.356 e. The summed E-state index contributed by atoms with van der Waals surface area (Å²) in [6.45, 7) is 0. The van der Waals surface area contributed by atoms with E-state index < -0.39 is 37.0 Å². The summed E-state index contributed by atoms with van der Waals surface area (Å²) in [5.74, 6) is -1.92.